The van der Waals surface area contributed by atoms with Crippen LogP contribution >= 0.6 is 0 Å². The Morgan fingerprint density at radius 1 is 1.28 bits per heavy atom. The summed E-state index contributed by atoms with van der Waals surface area (Å²) in [4.78, 5) is 13.7. The molecule has 1 aromatic heterocycles. The summed E-state index contributed by atoms with van der Waals surface area (Å²) in [5.41, 5.74) is 1.70. The number of aliphatic hydroxyl groups is 1. The third kappa shape index (κ3) is 2.33. The van der Waals surface area contributed by atoms with E-state index in [0.29, 0.717) is 0 Å². The van der Waals surface area contributed by atoms with E-state index in [-0.39, 0.29) is 6.61 Å². The quantitative estimate of drug-likeness (QED) is 0.847. The molecule has 1 aliphatic heterocycles. The first kappa shape index (κ1) is 11.9. The van der Waals surface area contributed by atoms with Gasteiger partial charge in [0.15, 0.2) is 0 Å². The normalized spacial score (nSPS) is 21.3. The number of anilines is 1. The van der Waals surface area contributed by atoms with E-state index in [2.05, 4.69) is 19.8 Å². The fourth-order valence-corrected chi connectivity index (χ4v) is 2.51. The Bertz CT molecular complexity index is 425. The van der Waals surface area contributed by atoms with Gasteiger partial charge >= 0.3 is 0 Å². The molecule has 98 valence electrons. The molecule has 18 heavy (non-hydrogen) atoms. The highest BCUT2D eigenvalue weighted by atomic mass is 16.3. The number of nitrogens with zero attached hydrogens (tertiary/aromatic N) is 4. The van der Waals surface area contributed by atoms with Gasteiger partial charge in [-0.2, -0.15) is 0 Å². The first-order valence-electron chi connectivity index (χ1n) is 6.70. The van der Waals surface area contributed by atoms with Gasteiger partial charge in [-0.05, 0) is 19.8 Å². The van der Waals surface area contributed by atoms with E-state index in [9.17, 15) is 0 Å². The van der Waals surface area contributed by atoms with Crippen LogP contribution in [0, 0.1) is 6.92 Å². The van der Waals surface area contributed by atoms with Crippen molar-refractivity contribution in [1.29, 1.82) is 0 Å². The van der Waals surface area contributed by atoms with E-state index in [1.54, 1.807) is 6.20 Å². The molecule has 1 N–H and O–H groups in total. The maximum absolute atomic E-state index is 9.12. The van der Waals surface area contributed by atoms with Crippen LogP contribution in [0.25, 0.3) is 0 Å². The van der Waals surface area contributed by atoms with Crippen molar-refractivity contribution in [2.24, 2.45) is 0 Å². The number of aryl methyl sites for hydroxylation is 1. The molecule has 0 bridgehead atoms. The van der Waals surface area contributed by atoms with Gasteiger partial charge in [0, 0.05) is 49.7 Å². The number of aromatic nitrogens is 2. The molecular formula is C13H20N4O. The zero-order chi connectivity index (χ0) is 12.5. The van der Waals surface area contributed by atoms with Gasteiger partial charge in [0.2, 0.25) is 5.95 Å². The first-order chi connectivity index (χ1) is 8.78. The van der Waals surface area contributed by atoms with Crippen molar-refractivity contribution in [1.82, 2.24) is 14.9 Å². The summed E-state index contributed by atoms with van der Waals surface area (Å²) in [6, 6.07) is 0.853. The summed E-state index contributed by atoms with van der Waals surface area (Å²) in [7, 11) is 0. The maximum atomic E-state index is 9.12. The summed E-state index contributed by atoms with van der Waals surface area (Å²) in [6.07, 6.45) is 4.49. The van der Waals surface area contributed by atoms with Crippen LogP contribution in [0.1, 0.15) is 24.1 Å². The minimum absolute atomic E-state index is 0.0154. The summed E-state index contributed by atoms with van der Waals surface area (Å²) in [5.74, 6) is 0.806. The lowest BCUT2D eigenvalue weighted by molar-refractivity contribution is 0.247. The van der Waals surface area contributed by atoms with Crippen LogP contribution in [0.5, 0.6) is 0 Å². The van der Waals surface area contributed by atoms with E-state index in [1.165, 1.54) is 12.8 Å². The molecule has 0 spiro atoms. The van der Waals surface area contributed by atoms with Crippen molar-refractivity contribution in [3.05, 3.63) is 17.5 Å². The third-order valence-corrected chi connectivity index (χ3v) is 3.90. The van der Waals surface area contributed by atoms with Gasteiger partial charge in [-0.1, -0.05) is 0 Å². The molecule has 0 radical (unpaired) electrons. The van der Waals surface area contributed by atoms with Crippen molar-refractivity contribution in [3.63, 3.8) is 0 Å². The molecule has 1 saturated carbocycles. The summed E-state index contributed by atoms with van der Waals surface area (Å²) < 4.78 is 0. The Morgan fingerprint density at radius 2 is 2.00 bits per heavy atom. The minimum Gasteiger partial charge on any atom is -0.392 e. The van der Waals surface area contributed by atoms with E-state index in [4.69, 9.17) is 5.11 Å². The van der Waals surface area contributed by atoms with Crippen molar-refractivity contribution in [3.8, 4) is 0 Å². The van der Waals surface area contributed by atoms with E-state index in [1.807, 2.05) is 6.92 Å². The van der Waals surface area contributed by atoms with Gasteiger partial charge in [0.05, 0.1) is 6.61 Å². The average Bonchev–Trinajstić information content (AvgIpc) is 3.23. The topological polar surface area (TPSA) is 52.5 Å². The predicted octanol–water partition coefficient (Wildman–Crippen LogP) is 0.562. The lowest BCUT2D eigenvalue weighted by atomic mass is 10.2. The molecule has 1 aromatic rings. The number of rotatable bonds is 3. The van der Waals surface area contributed by atoms with Crippen LogP contribution in [-0.2, 0) is 6.61 Å². The van der Waals surface area contributed by atoms with Crippen molar-refractivity contribution >= 4 is 5.95 Å². The average molecular weight is 248 g/mol. The molecule has 0 amide bonds. The third-order valence-electron chi connectivity index (χ3n) is 3.90. The summed E-state index contributed by atoms with van der Waals surface area (Å²) in [6.45, 7) is 6.20. The number of piperazine rings is 1. The molecule has 2 heterocycles. The van der Waals surface area contributed by atoms with Gasteiger partial charge in [-0.3, -0.25) is 4.90 Å². The number of aliphatic hydroxyl groups excluding tert-OH is 1. The van der Waals surface area contributed by atoms with Gasteiger partial charge in [0.25, 0.3) is 0 Å². The van der Waals surface area contributed by atoms with E-state index >= 15 is 0 Å². The van der Waals surface area contributed by atoms with Gasteiger partial charge in [0.1, 0.15) is 0 Å². The van der Waals surface area contributed by atoms with Crippen LogP contribution in [0.3, 0.4) is 0 Å². The molecule has 1 aliphatic carbocycles. The van der Waals surface area contributed by atoms with Crippen molar-refractivity contribution in [2.75, 3.05) is 31.1 Å². The van der Waals surface area contributed by atoms with Crippen LogP contribution in [-0.4, -0.2) is 52.2 Å². The van der Waals surface area contributed by atoms with Gasteiger partial charge in [-0.15, -0.1) is 0 Å². The first-order valence-corrected chi connectivity index (χ1v) is 6.70. The minimum atomic E-state index is 0.0154. The van der Waals surface area contributed by atoms with E-state index in [0.717, 1.165) is 49.4 Å². The standard InChI is InChI=1S/C13H20N4O/c1-10-11(9-18)8-14-13(15-10)17-6-4-16(5-7-17)12-2-3-12/h8,12,18H,2-7,9H2,1H3. The molecule has 2 aliphatic rings. The summed E-state index contributed by atoms with van der Waals surface area (Å²) >= 11 is 0. The Morgan fingerprint density at radius 3 is 2.56 bits per heavy atom. The predicted molar refractivity (Wildman–Crippen MR) is 69.5 cm³/mol. The van der Waals surface area contributed by atoms with E-state index < -0.39 is 0 Å². The Balaban J connectivity index is 1.66. The maximum Gasteiger partial charge on any atom is 0.225 e. The largest absolute Gasteiger partial charge is 0.392 e. The second-order valence-electron chi connectivity index (χ2n) is 5.19. The van der Waals surface area contributed by atoms with Gasteiger partial charge in [-0.25, -0.2) is 9.97 Å². The van der Waals surface area contributed by atoms with Crippen LogP contribution in [0.2, 0.25) is 0 Å². The summed E-state index contributed by atoms with van der Waals surface area (Å²) in [5, 5.41) is 9.12. The van der Waals surface area contributed by atoms with Crippen LogP contribution in [0.15, 0.2) is 6.20 Å². The lowest BCUT2D eigenvalue weighted by Gasteiger charge is -2.34. The second-order valence-corrected chi connectivity index (χ2v) is 5.19. The smallest absolute Gasteiger partial charge is 0.225 e. The molecule has 0 aromatic carbocycles. The number of hydrogen-bond acceptors (Lipinski definition) is 5. The molecule has 0 unspecified atom stereocenters. The Labute approximate surface area is 107 Å². The molecule has 1 saturated heterocycles. The van der Waals surface area contributed by atoms with Crippen molar-refractivity contribution in [2.45, 2.75) is 32.4 Å². The van der Waals surface area contributed by atoms with Crippen molar-refractivity contribution < 1.29 is 5.11 Å². The highest BCUT2D eigenvalue weighted by Gasteiger charge is 2.31. The zero-order valence-electron chi connectivity index (χ0n) is 10.8. The highest BCUT2D eigenvalue weighted by Crippen LogP contribution is 2.28. The SMILES string of the molecule is Cc1nc(N2CCN(C3CC3)CC2)ncc1CO. The lowest BCUT2D eigenvalue weighted by Crippen LogP contribution is -2.47. The monoisotopic (exact) mass is 248 g/mol. The number of hydrogen-bond donors (Lipinski definition) is 1. The van der Waals surface area contributed by atoms with Crippen LogP contribution in [0.4, 0.5) is 5.95 Å². The molecule has 0 atom stereocenters. The second kappa shape index (κ2) is 4.82. The molecule has 5 nitrogen and oxygen atoms in total. The fraction of sp³-hybridized carbons (Fsp3) is 0.692. The molecule has 3 rings (SSSR count). The Kier molecular flexibility index (Phi) is 3.18. The van der Waals surface area contributed by atoms with Crippen LogP contribution < -0.4 is 4.90 Å². The zero-order valence-corrected chi connectivity index (χ0v) is 10.8. The van der Waals surface area contributed by atoms with Gasteiger partial charge < -0.3 is 10.0 Å². The molecule has 2 fully saturated rings. The Hall–Kier alpha value is -1.20. The fourth-order valence-electron chi connectivity index (χ4n) is 2.51. The molecule has 5 heteroatoms. The molecular weight excluding hydrogens is 228 g/mol. The highest BCUT2D eigenvalue weighted by molar-refractivity contribution is 5.33.